The van der Waals surface area contributed by atoms with Gasteiger partial charge < -0.3 is 9.47 Å². The van der Waals surface area contributed by atoms with Gasteiger partial charge in [0.15, 0.2) is 23.1 Å². The highest BCUT2D eigenvalue weighted by molar-refractivity contribution is 6.34. The van der Waals surface area contributed by atoms with E-state index >= 15 is 0 Å². The molecular weight excluding hydrogens is 600 g/mol. The zero-order valence-electron chi connectivity index (χ0n) is 29.2. The first-order chi connectivity index (χ1) is 23.5. The van der Waals surface area contributed by atoms with Gasteiger partial charge in [0.1, 0.15) is 0 Å². The molecule has 0 N–H and O–H groups in total. The third-order valence-corrected chi connectivity index (χ3v) is 9.39. The summed E-state index contributed by atoms with van der Waals surface area (Å²) in [6, 6.07) is 13.8. The predicted molar refractivity (Wildman–Crippen MR) is 191 cm³/mol. The molecule has 6 heteroatoms. The number of unbranched alkanes of at least 4 members (excludes halogenated alkanes) is 16. The number of hydrogen-bond donors (Lipinski definition) is 0. The Labute approximate surface area is 287 Å². The number of ketones is 2. The molecule has 0 heterocycles. The maximum Gasteiger partial charge on any atom is 0.311 e. The van der Waals surface area contributed by atoms with Gasteiger partial charge in [0.05, 0.1) is 11.1 Å². The molecule has 2 aromatic carbocycles. The summed E-state index contributed by atoms with van der Waals surface area (Å²) >= 11 is 0. The molecule has 0 spiro atoms. The van der Waals surface area contributed by atoms with E-state index in [9.17, 15) is 19.2 Å². The van der Waals surface area contributed by atoms with Crippen molar-refractivity contribution in [3.05, 3.63) is 81.9 Å². The number of esters is 2. The molecule has 0 atom stereocenters. The molecule has 258 valence electrons. The van der Waals surface area contributed by atoms with Crippen LogP contribution in [0.2, 0.25) is 0 Å². The fraction of sp³-hybridized carbons (Fsp3) is 0.524. The molecule has 0 amide bonds. The number of allylic oxidation sites excluding steroid dienone is 2. The Morgan fingerprint density at radius 3 is 1.06 bits per heavy atom. The molecular formula is C42H54O6. The first-order valence-corrected chi connectivity index (χ1v) is 18.7. The monoisotopic (exact) mass is 654 g/mol. The third-order valence-electron chi connectivity index (χ3n) is 9.39. The Hall–Kier alpha value is -3.80. The first-order valence-electron chi connectivity index (χ1n) is 18.7. The number of hydrogen-bond acceptors (Lipinski definition) is 6. The summed E-state index contributed by atoms with van der Waals surface area (Å²) in [7, 11) is 0. The van der Waals surface area contributed by atoms with Gasteiger partial charge in [0.2, 0.25) is 0 Å². The quantitative estimate of drug-likeness (QED) is 0.0875. The van der Waals surface area contributed by atoms with Gasteiger partial charge in [-0.1, -0.05) is 165 Å². The summed E-state index contributed by atoms with van der Waals surface area (Å²) < 4.78 is 11.9. The minimum Gasteiger partial charge on any atom is -0.425 e. The van der Waals surface area contributed by atoms with Crippen molar-refractivity contribution in [2.75, 3.05) is 0 Å². The fourth-order valence-electron chi connectivity index (χ4n) is 6.66. The minimum absolute atomic E-state index is 0.0105. The molecule has 0 bridgehead atoms. The molecule has 48 heavy (non-hydrogen) atoms. The van der Waals surface area contributed by atoms with Crippen molar-refractivity contribution in [3.63, 3.8) is 0 Å². The molecule has 4 rings (SSSR count). The lowest BCUT2D eigenvalue weighted by Gasteiger charge is -2.12. The highest BCUT2D eigenvalue weighted by atomic mass is 16.5. The second kappa shape index (κ2) is 19.9. The van der Waals surface area contributed by atoms with E-state index in [0.29, 0.717) is 35.1 Å². The molecule has 2 aromatic rings. The van der Waals surface area contributed by atoms with Gasteiger partial charge in [-0.05, 0) is 12.8 Å². The molecule has 0 fully saturated rings. The standard InChI is InChI=1S/C42H54O6/c1-3-5-7-9-11-13-15-17-19-29-35(43)47-41-33-27-23-21-25-31(33)39(45)37(41)38-40(46)32-26-22-24-28-34(32)42(38)48-36(44)30-20-18-16-14-12-10-8-6-4-2/h21-28H,3-20,29-30H2,1-2H3. The maximum atomic E-state index is 13.9. The number of ether oxygens (including phenoxy) is 2. The van der Waals surface area contributed by atoms with Gasteiger partial charge in [0.25, 0.3) is 0 Å². The summed E-state index contributed by atoms with van der Waals surface area (Å²) in [5.41, 5.74) is 1.63. The average Bonchev–Trinajstić information content (AvgIpc) is 3.52. The zero-order chi connectivity index (χ0) is 34.1. The van der Waals surface area contributed by atoms with E-state index in [2.05, 4.69) is 13.8 Å². The van der Waals surface area contributed by atoms with Gasteiger partial charge in [-0.2, -0.15) is 0 Å². The number of rotatable bonds is 23. The van der Waals surface area contributed by atoms with Crippen LogP contribution in [0.3, 0.4) is 0 Å². The summed E-state index contributed by atoms with van der Waals surface area (Å²) in [6.45, 7) is 4.43. The van der Waals surface area contributed by atoms with Crippen LogP contribution in [0.15, 0.2) is 59.7 Å². The molecule has 2 aliphatic rings. The fourth-order valence-corrected chi connectivity index (χ4v) is 6.66. The lowest BCUT2D eigenvalue weighted by Crippen LogP contribution is -2.12. The second-order valence-electron chi connectivity index (χ2n) is 13.3. The van der Waals surface area contributed by atoms with Crippen LogP contribution in [-0.2, 0) is 19.1 Å². The summed E-state index contributed by atoms with van der Waals surface area (Å²) in [5.74, 6) is -1.58. The van der Waals surface area contributed by atoms with Crippen LogP contribution in [0.25, 0.3) is 11.5 Å². The van der Waals surface area contributed by atoms with Crippen LogP contribution >= 0.6 is 0 Å². The third kappa shape index (κ3) is 10.1. The van der Waals surface area contributed by atoms with E-state index in [1.807, 2.05) is 0 Å². The molecule has 0 unspecified atom stereocenters. The van der Waals surface area contributed by atoms with E-state index < -0.39 is 23.5 Å². The molecule has 0 saturated heterocycles. The number of benzene rings is 2. The number of carbonyl (C=O) groups is 4. The SMILES string of the molecule is CCCCCCCCCCCC(=O)OC1=C(C2=C(OC(=O)CCCCCCCCCCC)c3ccccc3C2=O)C(=O)c2ccccc21. The van der Waals surface area contributed by atoms with E-state index in [1.165, 1.54) is 64.2 Å². The highest BCUT2D eigenvalue weighted by Gasteiger charge is 2.43. The molecule has 6 nitrogen and oxygen atoms in total. The van der Waals surface area contributed by atoms with Crippen LogP contribution < -0.4 is 0 Å². The Morgan fingerprint density at radius 2 is 0.729 bits per heavy atom. The van der Waals surface area contributed by atoms with Gasteiger partial charge in [-0.15, -0.1) is 0 Å². The predicted octanol–water partition coefficient (Wildman–Crippen LogP) is 11.1. The lowest BCUT2D eigenvalue weighted by molar-refractivity contribution is -0.137. The van der Waals surface area contributed by atoms with Gasteiger partial charge in [-0.25, -0.2) is 0 Å². The van der Waals surface area contributed by atoms with Gasteiger partial charge >= 0.3 is 11.9 Å². The zero-order valence-corrected chi connectivity index (χ0v) is 29.2. The van der Waals surface area contributed by atoms with Crippen LogP contribution in [0, 0.1) is 0 Å². The number of fused-ring (bicyclic) bond motifs is 2. The van der Waals surface area contributed by atoms with Crippen LogP contribution in [0.4, 0.5) is 0 Å². The van der Waals surface area contributed by atoms with Gasteiger partial charge in [0, 0.05) is 35.1 Å². The van der Waals surface area contributed by atoms with E-state index in [4.69, 9.17) is 9.47 Å². The van der Waals surface area contributed by atoms with Crippen LogP contribution in [-0.4, -0.2) is 23.5 Å². The number of carbonyl (C=O) groups excluding carboxylic acids is 4. The summed E-state index contributed by atoms with van der Waals surface area (Å²) in [4.78, 5) is 54.1. The Bertz CT molecular complexity index is 1370. The van der Waals surface area contributed by atoms with Crippen LogP contribution in [0.5, 0.6) is 0 Å². The largest absolute Gasteiger partial charge is 0.425 e. The van der Waals surface area contributed by atoms with Crippen molar-refractivity contribution in [1.29, 1.82) is 0 Å². The van der Waals surface area contributed by atoms with E-state index in [0.717, 1.165) is 38.5 Å². The summed E-state index contributed by atoms with van der Waals surface area (Å²) in [6.07, 6.45) is 20.7. The van der Waals surface area contributed by atoms with E-state index in [-0.39, 0.29) is 35.5 Å². The molecule has 2 aliphatic carbocycles. The molecule has 0 aliphatic heterocycles. The Balaban J connectivity index is 1.46. The number of Topliss-reactive ketones (excluding diaryl/α,β-unsaturated/α-hetero) is 2. The van der Waals surface area contributed by atoms with Crippen molar-refractivity contribution < 1.29 is 28.7 Å². The average molecular weight is 655 g/mol. The second-order valence-corrected chi connectivity index (χ2v) is 13.3. The lowest BCUT2D eigenvalue weighted by atomic mass is 9.98. The van der Waals surface area contributed by atoms with Gasteiger partial charge in [-0.3, -0.25) is 19.2 Å². The van der Waals surface area contributed by atoms with Crippen molar-refractivity contribution in [2.45, 2.75) is 142 Å². The van der Waals surface area contributed by atoms with E-state index in [1.54, 1.807) is 48.5 Å². The molecule has 0 saturated carbocycles. The maximum absolute atomic E-state index is 13.9. The smallest absolute Gasteiger partial charge is 0.311 e. The highest BCUT2D eigenvalue weighted by Crippen LogP contribution is 2.45. The Kier molecular flexibility index (Phi) is 15.3. The van der Waals surface area contributed by atoms with Crippen molar-refractivity contribution in [3.8, 4) is 0 Å². The molecule has 0 aromatic heterocycles. The molecule has 0 radical (unpaired) electrons. The van der Waals surface area contributed by atoms with Crippen molar-refractivity contribution in [1.82, 2.24) is 0 Å². The normalized spacial score (nSPS) is 13.7. The minimum atomic E-state index is -0.442. The topological polar surface area (TPSA) is 86.7 Å². The van der Waals surface area contributed by atoms with Crippen molar-refractivity contribution in [2.24, 2.45) is 0 Å². The Morgan fingerprint density at radius 1 is 0.438 bits per heavy atom. The summed E-state index contributed by atoms with van der Waals surface area (Å²) in [5, 5.41) is 0. The van der Waals surface area contributed by atoms with Crippen molar-refractivity contribution >= 4 is 35.0 Å². The first kappa shape index (κ1) is 37.0. The van der Waals surface area contributed by atoms with Crippen LogP contribution in [0.1, 0.15) is 174 Å².